The molecule has 1 aliphatic rings. The number of rotatable bonds is 7. The largest absolute Gasteiger partial charge is 0.318 e. The first-order valence-electron chi connectivity index (χ1n) is 7.12. The number of benzene rings is 1. The zero-order chi connectivity index (χ0) is 16.2. The standard InChI is InChI=1S/C13H21N3O4S2.ClH/c1-14-7-8-15-21(17,18)12-5-4-6-13(11-12)22(19,20)16-9-2-3-10-16;/h4-6,11,14-15H,2-3,7-10H2,1H3;1H. The van der Waals surface area contributed by atoms with Crippen LogP contribution in [0, 0.1) is 0 Å². The SMILES string of the molecule is CNCCNS(=O)(=O)c1cccc(S(=O)(=O)N2CCCC2)c1.Cl. The minimum atomic E-state index is -3.71. The third-order valence-corrected chi connectivity index (χ3v) is 6.84. The van der Waals surface area contributed by atoms with Crippen molar-refractivity contribution < 1.29 is 16.8 Å². The predicted molar refractivity (Wildman–Crippen MR) is 90.8 cm³/mol. The third-order valence-electron chi connectivity index (χ3n) is 3.49. The second-order valence-corrected chi connectivity index (χ2v) is 8.79. The average Bonchev–Trinajstić information content (AvgIpc) is 3.02. The molecular formula is C13H22ClN3O4S2. The topological polar surface area (TPSA) is 95.6 Å². The van der Waals surface area contributed by atoms with Crippen LogP contribution >= 0.6 is 12.4 Å². The number of hydrogen-bond acceptors (Lipinski definition) is 5. The smallest absolute Gasteiger partial charge is 0.243 e. The average molecular weight is 384 g/mol. The Kier molecular flexibility index (Phi) is 7.43. The van der Waals surface area contributed by atoms with E-state index >= 15 is 0 Å². The Hall–Kier alpha value is -0.710. The van der Waals surface area contributed by atoms with Crippen LogP contribution in [0.1, 0.15) is 12.8 Å². The van der Waals surface area contributed by atoms with Gasteiger partial charge in [0.25, 0.3) is 0 Å². The van der Waals surface area contributed by atoms with E-state index in [1.54, 1.807) is 7.05 Å². The van der Waals surface area contributed by atoms with Gasteiger partial charge in [-0.05, 0) is 38.1 Å². The van der Waals surface area contributed by atoms with Crippen LogP contribution in [-0.2, 0) is 20.0 Å². The van der Waals surface area contributed by atoms with Crippen molar-refractivity contribution in [3.8, 4) is 0 Å². The fourth-order valence-corrected chi connectivity index (χ4v) is 4.99. The summed E-state index contributed by atoms with van der Waals surface area (Å²) >= 11 is 0. The van der Waals surface area contributed by atoms with Gasteiger partial charge >= 0.3 is 0 Å². The van der Waals surface area contributed by atoms with Gasteiger partial charge in [-0.3, -0.25) is 0 Å². The summed E-state index contributed by atoms with van der Waals surface area (Å²) in [5.74, 6) is 0. The van der Waals surface area contributed by atoms with Gasteiger partial charge in [-0.25, -0.2) is 21.6 Å². The van der Waals surface area contributed by atoms with Crippen molar-refractivity contribution in [1.29, 1.82) is 0 Å². The summed E-state index contributed by atoms with van der Waals surface area (Å²) in [6.45, 7) is 1.70. The Labute approximate surface area is 144 Å². The van der Waals surface area contributed by atoms with E-state index in [1.807, 2.05) is 0 Å². The van der Waals surface area contributed by atoms with Gasteiger partial charge in [-0.15, -0.1) is 12.4 Å². The highest BCUT2D eigenvalue weighted by atomic mass is 35.5. The Morgan fingerprint density at radius 1 is 1.04 bits per heavy atom. The molecule has 0 saturated carbocycles. The number of sulfonamides is 2. The normalized spacial score (nSPS) is 16.2. The summed E-state index contributed by atoms with van der Waals surface area (Å²) in [7, 11) is -5.61. The molecule has 0 atom stereocenters. The van der Waals surface area contributed by atoms with E-state index in [9.17, 15) is 16.8 Å². The van der Waals surface area contributed by atoms with Crippen molar-refractivity contribution in [3.05, 3.63) is 24.3 Å². The first kappa shape index (κ1) is 20.3. The highest BCUT2D eigenvalue weighted by molar-refractivity contribution is 7.90. The summed E-state index contributed by atoms with van der Waals surface area (Å²) in [5, 5.41) is 2.83. The maximum Gasteiger partial charge on any atom is 0.243 e. The molecule has 2 rings (SSSR count). The molecule has 1 saturated heterocycles. The van der Waals surface area contributed by atoms with Crippen LogP contribution < -0.4 is 10.0 Å². The summed E-state index contributed by atoms with van der Waals surface area (Å²) in [6.07, 6.45) is 1.67. The first-order chi connectivity index (χ1) is 10.4. The third kappa shape index (κ3) is 4.88. The van der Waals surface area contributed by atoms with Crippen molar-refractivity contribution in [3.63, 3.8) is 0 Å². The van der Waals surface area contributed by atoms with Crippen molar-refractivity contribution in [2.24, 2.45) is 0 Å². The fraction of sp³-hybridized carbons (Fsp3) is 0.538. The highest BCUT2D eigenvalue weighted by Gasteiger charge is 2.28. The number of nitrogens with one attached hydrogen (secondary N) is 2. The second-order valence-electron chi connectivity index (χ2n) is 5.09. The molecule has 1 heterocycles. The van der Waals surface area contributed by atoms with Gasteiger partial charge in [0, 0.05) is 26.2 Å². The minimum Gasteiger partial charge on any atom is -0.318 e. The highest BCUT2D eigenvalue weighted by Crippen LogP contribution is 2.22. The number of hydrogen-bond donors (Lipinski definition) is 2. The van der Waals surface area contributed by atoms with Crippen LogP contribution in [0.15, 0.2) is 34.1 Å². The van der Waals surface area contributed by atoms with Crippen LogP contribution in [0.3, 0.4) is 0 Å². The van der Waals surface area contributed by atoms with Crippen LogP contribution in [-0.4, -0.2) is 54.4 Å². The van der Waals surface area contributed by atoms with Gasteiger partial charge in [0.05, 0.1) is 9.79 Å². The van der Waals surface area contributed by atoms with Crippen LogP contribution in [0.5, 0.6) is 0 Å². The molecule has 0 aromatic heterocycles. The van der Waals surface area contributed by atoms with Crippen LogP contribution in [0.2, 0.25) is 0 Å². The Bertz CT molecular complexity index is 716. The fourth-order valence-electron chi connectivity index (χ4n) is 2.27. The lowest BCUT2D eigenvalue weighted by atomic mass is 10.4. The van der Waals surface area contributed by atoms with Crippen molar-refractivity contribution >= 4 is 32.5 Å². The molecule has 1 fully saturated rings. The van der Waals surface area contributed by atoms with E-state index in [4.69, 9.17) is 0 Å². The molecule has 0 spiro atoms. The molecule has 1 aromatic rings. The molecule has 0 radical (unpaired) electrons. The predicted octanol–water partition coefficient (Wildman–Crippen LogP) is 0.391. The maximum atomic E-state index is 12.5. The summed E-state index contributed by atoms with van der Waals surface area (Å²) in [5.41, 5.74) is 0. The summed E-state index contributed by atoms with van der Waals surface area (Å²) < 4.78 is 53.1. The molecule has 23 heavy (non-hydrogen) atoms. The molecule has 10 heteroatoms. The van der Waals surface area contributed by atoms with E-state index in [-0.39, 0.29) is 28.7 Å². The summed E-state index contributed by atoms with van der Waals surface area (Å²) in [4.78, 5) is -0.0187. The zero-order valence-electron chi connectivity index (χ0n) is 12.9. The maximum absolute atomic E-state index is 12.5. The van der Waals surface area contributed by atoms with Crippen molar-refractivity contribution in [1.82, 2.24) is 14.3 Å². The van der Waals surface area contributed by atoms with Crippen LogP contribution in [0.4, 0.5) is 0 Å². The molecule has 0 aliphatic carbocycles. The van der Waals surface area contributed by atoms with Gasteiger partial charge in [0.2, 0.25) is 20.0 Å². The molecule has 1 aromatic carbocycles. The van der Waals surface area contributed by atoms with Gasteiger partial charge < -0.3 is 5.32 Å². The van der Waals surface area contributed by atoms with E-state index in [0.29, 0.717) is 19.6 Å². The van der Waals surface area contributed by atoms with Crippen LogP contribution in [0.25, 0.3) is 0 Å². The number of likely N-dealkylation sites (N-methyl/N-ethyl adjacent to an activating group) is 1. The second kappa shape index (κ2) is 8.41. The minimum absolute atomic E-state index is 0. The lowest BCUT2D eigenvalue weighted by Crippen LogP contribution is -2.31. The molecule has 132 valence electrons. The Balaban J connectivity index is 0.00000264. The van der Waals surface area contributed by atoms with E-state index in [2.05, 4.69) is 10.0 Å². The summed E-state index contributed by atoms with van der Waals surface area (Å²) in [6, 6.07) is 5.50. The molecule has 0 unspecified atom stereocenters. The molecule has 0 amide bonds. The van der Waals surface area contributed by atoms with Crippen molar-refractivity contribution in [2.45, 2.75) is 22.6 Å². The van der Waals surface area contributed by atoms with E-state index in [0.717, 1.165) is 12.8 Å². The molecule has 7 nitrogen and oxygen atoms in total. The van der Waals surface area contributed by atoms with Crippen molar-refractivity contribution in [2.75, 3.05) is 33.2 Å². The van der Waals surface area contributed by atoms with Gasteiger partial charge in [0.1, 0.15) is 0 Å². The molecule has 2 N–H and O–H groups in total. The lowest BCUT2D eigenvalue weighted by Gasteiger charge is -2.16. The number of nitrogens with zero attached hydrogens (tertiary/aromatic N) is 1. The molecule has 1 aliphatic heterocycles. The van der Waals surface area contributed by atoms with Gasteiger partial charge in [-0.1, -0.05) is 6.07 Å². The first-order valence-corrected chi connectivity index (χ1v) is 10.0. The van der Waals surface area contributed by atoms with E-state index < -0.39 is 20.0 Å². The number of halogens is 1. The quantitative estimate of drug-likeness (QED) is 0.664. The zero-order valence-corrected chi connectivity index (χ0v) is 15.3. The van der Waals surface area contributed by atoms with E-state index in [1.165, 1.54) is 28.6 Å². The Morgan fingerprint density at radius 2 is 1.65 bits per heavy atom. The lowest BCUT2D eigenvalue weighted by molar-refractivity contribution is 0.477. The molecule has 0 bridgehead atoms. The molecular weight excluding hydrogens is 362 g/mol. The monoisotopic (exact) mass is 383 g/mol. The van der Waals surface area contributed by atoms with Gasteiger partial charge in [0.15, 0.2) is 0 Å². The Morgan fingerprint density at radius 3 is 2.26 bits per heavy atom. The van der Waals surface area contributed by atoms with Gasteiger partial charge in [-0.2, -0.15) is 4.31 Å².